The number of likely N-dealkylation sites (tertiary alicyclic amines) is 1. The van der Waals surface area contributed by atoms with E-state index in [9.17, 15) is 18.0 Å². The average molecular weight is 461 g/mol. The molecule has 0 spiro atoms. The van der Waals surface area contributed by atoms with E-state index in [0.717, 1.165) is 31.2 Å². The van der Waals surface area contributed by atoms with Gasteiger partial charge in [0, 0.05) is 24.2 Å². The number of hydrogen-bond acceptors (Lipinski definition) is 6. The first kappa shape index (κ1) is 21.6. The molecular weight excluding hydrogens is 436 g/mol. The van der Waals surface area contributed by atoms with Crippen molar-refractivity contribution in [1.82, 2.24) is 9.88 Å². The van der Waals surface area contributed by atoms with E-state index in [-0.39, 0.29) is 16.6 Å². The Hall–Kier alpha value is -2.59. The molecular formula is C21H24N4O4S2. The van der Waals surface area contributed by atoms with Crippen molar-refractivity contribution in [3.05, 3.63) is 42.1 Å². The molecule has 2 N–H and O–H groups in total. The number of carbonyl (C=O) groups excluding carboxylic acids is 2. The Morgan fingerprint density at radius 1 is 1.16 bits per heavy atom. The molecule has 1 atom stereocenters. The van der Waals surface area contributed by atoms with E-state index in [2.05, 4.69) is 15.0 Å². The molecule has 2 aliphatic rings. The number of anilines is 2. The van der Waals surface area contributed by atoms with Crippen molar-refractivity contribution in [2.24, 2.45) is 0 Å². The Labute approximate surface area is 185 Å². The maximum atomic E-state index is 12.9. The van der Waals surface area contributed by atoms with Crippen LogP contribution in [0.25, 0.3) is 0 Å². The maximum absolute atomic E-state index is 12.9. The first-order chi connectivity index (χ1) is 14.8. The molecule has 164 valence electrons. The Morgan fingerprint density at radius 2 is 1.90 bits per heavy atom. The molecule has 31 heavy (non-hydrogen) atoms. The van der Waals surface area contributed by atoms with Gasteiger partial charge >= 0.3 is 0 Å². The fourth-order valence-corrected chi connectivity index (χ4v) is 5.74. The van der Waals surface area contributed by atoms with Crippen molar-refractivity contribution in [2.75, 3.05) is 23.1 Å². The van der Waals surface area contributed by atoms with Gasteiger partial charge in [-0.05, 0) is 55.7 Å². The summed E-state index contributed by atoms with van der Waals surface area (Å²) >= 11 is 1.17. The molecule has 1 aromatic heterocycles. The highest BCUT2D eigenvalue weighted by atomic mass is 32.2. The summed E-state index contributed by atoms with van der Waals surface area (Å²) < 4.78 is 28.0. The van der Waals surface area contributed by atoms with Gasteiger partial charge in [-0.15, -0.1) is 11.8 Å². The molecule has 1 saturated heterocycles. The van der Waals surface area contributed by atoms with E-state index in [1.807, 2.05) is 6.92 Å². The summed E-state index contributed by atoms with van der Waals surface area (Å²) in [6, 6.07) is 7.90. The quantitative estimate of drug-likeness (QED) is 0.679. The minimum Gasteiger partial charge on any atom is -0.341 e. The van der Waals surface area contributed by atoms with Crippen molar-refractivity contribution in [3.8, 4) is 0 Å². The number of nitrogens with one attached hydrogen (secondary N) is 2. The van der Waals surface area contributed by atoms with Gasteiger partial charge < -0.3 is 10.2 Å². The summed E-state index contributed by atoms with van der Waals surface area (Å²) in [7, 11) is -3.88. The highest BCUT2D eigenvalue weighted by Crippen LogP contribution is 2.38. The van der Waals surface area contributed by atoms with Gasteiger partial charge in [0.1, 0.15) is 5.82 Å². The summed E-state index contributed by atoms with van der Waals surface area (Å²) in [5.41, 5.74) is 1.26. The van der Waals surface area contributed by atoms with Crippen molar-refractivity contribution >= 4 is 45.1 Å². The lowest BCUT2D eigenvalue weighted by molar-refractivity contribution is -0.133. The Kier molecular flexibility index (Phi) is 6.19. The van der Waals surface area contributed by atoms with Crippen molar-refractivity contribution in [2.45, 2.75) is 47.6 Å². The molecule has 0 aliphatic carbocycles. The average Bonchev–Trinajstić information content (AvgIpc) is 3.01. The van der Waals surface area contributed by atoms with Gasteiger partial charge in [-0.3, -0.25) is 14.3 Å². The topological polar surface area (TPSA) is 108 Å². The monoisotopic (exact) mass is 460 g/mol. The Morgan fingerprint density at radius 3 is 2.61 bits per heavy atom. The van der Waals surface area contributed by atoms with E-state index in [0.29, 0.717) is 23.7 Å². The fraction of sp³-hybridized carbons (Fsp3) is 0.381. The van der Waals surface area contributed by atoms with Crippen molar-refractivity contribution < 1.29 is 18.0 Å². The lowest BCUT2D eigenvalue weighted by atomic mass is 10.2. The number of carbonyl (C=O) groups is 2. The molecule has 1 fully saturated rings. The molecule has 1 aromatic carbocycles. The fourth-order valence-electron chi connectivity index (χ4n) is 3.66. The van der Waals surface area contributed by atoms with E-state index in [1.165, 1.54) is 30.1 Å². The number of fused-ring (bicyclic) bond motifs is 1. The first-order valence-corrected chi connectivity index (χ1v) is 12.6. The second kappa shape index (κ2) is 8.88. The smallest absolute Gasteiger partial charge is 0.263 e. The molecule has 0 bridgehead atoms. The second-order valence-electron chi connectivity index (χ2n) is 7.71. The number of pyridine rings is 1. The van der Waals surface area contributed by atoms with Crippen molar-refractivity contribution in [3.63, 3.8) is 0 Å². The number of aromatic nitrogens is 1. The molecule has 3 heterocycles. The molecule has 8 nitrogen and oxygen atoms in total. The van der Waals surface area contributed by atoms with Crippen LogP contribution in [0.3, 0.4) is 0 Å². The van der Waals surface area contributed by atoms with Crippen LogP contribution in [0.1, 0.15) is 31.2 Å². The summed E-state index contributed by atoms with van der Waals surface area (Å²) in [4.78, 5) is 32.0. The third-order valence-electron chi connectivity index (χ3n) is 5.30. The summed E-state index contributed by atoms with van der Waals surface area (Å²) in [6.07, 6.45) is 5.62. The largest absolute Gasteiger partial charge is 0.341 e. The van der Waals surface area contributed by atoms with Gasteiger partial charge in [-0.2, -0.15) is 0 Å². The van der Waals surface area contributed by atoms with E-state index in [4.69, 9.17) is 0 Å². The predicted octanol–water partition coefficient (Wildman–Crippen LogP) is 3.01. The van der Waals surface area contributed by atoms with Gasteiger partial charge in [-0.1, -0.05) is 12.8 Å². The number of amides is 2. The van der Waals surface area contributed by atoms with Crippen LogP contribution in [-0.4, -0.2) is 48.5 Å². The molecule has 2 amide bonds. The summed E-state index contributed by atoms with van der Waals surface area (Å²) in [5, 5.41) is 1.86. The van der Waals surface area contributed by atoms with Crippen LogP contribution < -0.4 is 10.0 Å². The number of hydrogen-bond donors (Lipinski definition) is 2. The lowest BCUT2D eigenvalue weighted by Crippen LogP contribution is -2.45. The summed E-state index contributed by atoms with van der Waals surface area (Å²) in [5.74, 6) is -0.382. The first-order valence-electron chi connectivity index (χ1n) is 10.2. The van der Waals surface area contributed by atoms with Gasteiger partial charge in [0.05, 0.1) is 10.6 Å². The number of nitrogens with zero attached hydrogens (tertiary/aromatic N) is 2. The van der Waals surface area contributed by atoms with Crippen LogP contribution in [0.4, 0.5) is 11.5 Å². The number of sulfonamides is 1. The van der Waals surface area contributed by atoms with Gasteiger partial charge in [0.25, 0.3) is 10.0 Å². The van der Waals surface area contributed by atoms with E-state index in [1.54, 1.807) is 23.1 Å². The van der Waals surface area contributed by atoms with Gasteiger partial charge in [-0.25, -0.2) is 13.4 Å². The number of benzene rings is 1. The minimum atomic E-state index is -3.88. The SMILES string of the molecule is Cc1ccnc(NS(=O)(=O)c2ccc3c(c2)NC(=O)[C@@H](C(=O)N2CCCCCC2)S3)c1. The molecule has 10 heteroatoms. The zero-order chi connectivity index (χ0) is 22.0. The number of thioether (sulfide) groups is 1. The van der Waals surface area contributed by atoms with Crippen LogP contribution in [0, 0.1) is 6.92 Å². The molecule has 2 aliphatic heterocycles. The normalized spacial score (nSPS) is 19.2. The third kappa shape index (κ3) is 4.85. The van der Waals surface area contributed by atoms with Gasteiger partial charge in [0.2, 0.25) is 11.8 Å². The second-order valence-corrected chi connectivity index (χ2v) is 10.5. The van der Waals surface area contributed by atoms with E-state index >= 15 is 0 Å². The highest BCUT2D eigenvalue weighted by molar-refractivity contribution is 8.01. The van der Waals surface area contributed by atoms with Crippen LogP contribution in [0.15, 0.2) is 46.3 Å². The van der Waals surface area contributed by atoms with Crippen LogP contribution >= 0.6 is 11.8 Å². The Bertz CT molecular complexity index is 1110. The minimum absolute atomic E-state index is 0.00718. The third-order valence-corrected chi connectivity index (χ3v) is 7.91. The zero-order valence-electron chi connectivity index (χ0n) is 17.1. The molecule has 0 saturated carbocycles. The molecule has 0 unspecified atom stereocenters. The molecule has 2 aromatic rings. The molecule has 0 radical (unpaired) electrons. The highest BCUT2D eigenvalue weighted by Gasteiger charge is 2.36. The summed E-state index contributed by atoms with van der Waals surface area (Å²) in [6.45, 7) is 3.19. The predicted molar refractivity (Wildman–Crippen MR) is 120 cm³/mol. The van der Waals surface area contributed by atoms with E-state index < -0.39 is 21.2 Å². The Balaban J connectivity index is 1.53. The maximum Gasteiger partial charge on any atom is 0.263 e. The standard InChI is InChI=1S/C21H24N4O4S2/c1-14-8-9-22-18(12-14)24-31(28,29)15-6-7-17-16(13-15)23-20(26)19(30-17)21(27)25-10-4-2-3-5-11-25/h6-9,12-13,19H,2-5,10-11H2,1H3,(H,22,24)(H,23,26)/t19-/m0/s1. The molecule has 4 rings (SSSR count). The van der Waals surface area contributed by atoms with Crippen molar-refractivity contribution in [1.29, 1.82) is 0 Å². The number of aryl methyl sites for hydroxylation is 1. The zero-order valence-corrected chi connectivity index (χ0v) is 18.8. The lowest BCUT2D eigenvalue weighted by Gasteiger charge is -2.28. The van der Waals surface area contributed by atoms with Gasteiger partial charge in [0.15, 0.2) is 5.25 Å². The van der Waals surface area contributed by atoms with Crippen LogP contribution in [0.5, 0.6) is 0 Å². The van der Waals surface area contributed by atoms with Crippen LogP contribution in [-0.2, 0) is 19.6 Å². The van der Waals surface area contributed by atoms with Crippen LogP contribution in [0.2, 0.25) is 0 Å². The number of rotatable bonds is 4.